The van der Waals surface area contributed by atoms with Gasteiger partial charge >= 0.3 is 0 Å². The number of nitrogens with one attached hydrogen (secondary N) is 1. The van der Waals surface area contributed by atoms with Gasteiger partial charge in [-0.2, -0.15) is 0 Å². The van der Waals surface area contributed by atoms with Gasteiger partial charge in [0, 0.05) is 22.9 Å². The summed E-state index contributed by atoms with van der Waals surface area (Å²) in [6.45, 7) is 9.81. The Bertz CT molecular complexity index is 456. The number of hydrogen-bond donors (Lipinski definition) is 1. The Morgan fingerprint density at radius 1 is 1.30 bits per heavy atom. The molecular weight excluding hydrogens is 270 g/mol. The molecule has 1 aliphatic rings. The molecule has 0 heterocycles. The first-order valence-electron chi connectivity index (χ1n) is 7.73. The molecule has 2 rings (SSSR count). The second-order valence-electron chi connectivity index (χ2n) is 5.80. The van der Waals surface area contributed by atoms with Gasteiger partial charge in [-0.05, 0) is 50.1 Å². The Morgan fingerprint density at radius 2 is 2.00 bits per heavy atom. The standard InChI is InChI=1S/C17H26ClNO/c1-5-17(6-2)15(19-7-3)11-16(17)20-14-9-8-13(18)10-12(14)4/h8-10,15-16,19H,5-7,11H2,1-4H3. The molecule has 20 heavy (non-hydrogen) atoms. The number of halogens is 1. The van der Waals surface area contributed by atoms with Gasteiger partial charge in [0.2, 0.25) is 0 Å². The van der Waals surface area contributed by atoms with Gasteiger partial charge in [0.1, 0.15) is 11.9 Å². The minimum Gasteiger partial charge on any atom is -0.489 e. The van der Waals surface area contributed by atoms with Crippen LogP contribution in [0.15, 0.2) is 18.2 Å². The molecule has 1 aromatic rings. The molecule has 2 unspecified atom stereocenters. The number of rotatable bonds is 6. The van der Waals surface area contributed by atoms with Crippen molar-refractivity contribution in [3.05, 3.63) is 28.8 Å². The maximum atomic E-state index is 6.31. The topological polar surface area (TPSA) is 21.3 Å². The predicted molar refractivity (Wildman–Crippen MR) is 85.7 cm³/mol. The maximum Gasteiger partial charge on any atom is 0.122 e. The summed E-state index contributed by atoms with van der Waals surface area (Å²) in [5, 5.41) is 4.38. The van der Waals surface area contributed by atoms with Crippen molar-refractivity contribution in [3.8, 4) is 5.75 Å². The van der Waals surface area contributed by atoms with E-state index in [1.165, 1.54) is 0 Å². The molecule has 1 saturated carbocycles. The summed E-state index contributed by atoms with van der Waals surface area (Å²) in [4.78, 5) is 0. The second kappa shape index (κ2) is 6.36. The Labute approximate surface area is 127 Å². The van der Waals surface area contributed by atoms with Crippen molar-refractivity contribution in [1.29, 1.82) is 0 Å². The number of benzene rings is 1. The number of ether oxygens (including phenoxy) is 1. The van der Waals surface area contributed by atoms with Gasteiger partial charge in [-0.25, -0.2) is 0 Å². The molecule has 0 saturated heterocycles. The van der Waals surface area contributed by atoms with Gasteiger partial charge in [0.05, 0.1) is 0 Å². The van der Waals surface area contributed by atoms with Crippen LogP contribution in [0.25, 0.3) is 0 Å². The largest absolute Gasteiger partial charge is 0.489 e. The lowest BCUT2D eigenvalue weighted by Gasteiger charge is -2.55. The van der Waals surface area contributed by atoms with Crippen molar-refractivity contribution in [2.45, 2.75) is 59.1 Å². The summed E-state index contributed by atoms with van der Waals surface area (Å²) in [6.07, 6.45) is 3.70. The van der Waals surface area contributed by atoms with Crippen LogP contribution in [0.2, 0.25) is 5.02 Å². The minimum absolute atomic E-state index is 0.266. The second-order valence-corrected chi connectivity index (χ2v) is 6.24. The molecule has 112 valence electrons. The first kappa shape index (κ1) is 15.7. The monoisotopic (exact) mass is 295 g/mol. The van der Waals surface area contributed by atoms with Gasteiger partial charge in [0.15, 0.2) is 0 Å². The lowest BCUT2D eigenvalue weighted by molar-refractivity contribution is -0.0856. The Kier molecular flexibility index (Phi) is 4.98. The van der Waals surface area contributed by atoms with Crippen molar-refractivity contribution in [2.24, 2.45) is 5.41 Å². The molecule has 0 aromatic heterocycles. The fourth-order valence-corrected chi connectivity index (χ4v) is 3.77. The van der Waals surface area contributed by atoms with Gasteiger partial charge in [0.25, 0.3) is 0 Å². The predicted octanol–water partition coefficient (Wildman–Crippen LogP) is 4.58. The zero-order chi connectivity index (χ0) is 14.8. The lowest BCUT2D eigenvalue weighted by Crippen LogP contribution is -2.64. The molecule has 2 nitrogen and oxygen atoms in total. The van der Waals surface area contributed by atoms with Crippen LogP contribution in [0.3, 0.4) is 0 Å². The molecule has 0 radical (unpaired) electrons. The highest BCUT2D eigenvalue weighted by Crippen LogP contribution is 2.49. The molecule has 0 bridgehead atoms. The van der Waals surface area contributed by atoms with Gasteiger partial charge in [-0.3, -0.25) is 0 Å². The Balaban J connectivity index is 2.13. The summed E-state index contributed by atoms with van der Waals surface area (Å²) in [7, 11) is 0. The summed E-state index contributed by atoms with van der Waals surface area (Å²) < 4.78 is 6.31. The van der Waals surface area contributed by atoms with Gasteiger partial charge in [-0.15, -0.1) is 0 Å². The van der Waals surface area contributed by atoms with E-state index in [1.807, 2.05) is 18.2 Å². The third-order valence-electron chi connectivity index (χ3n) is 4.96. The van der Waals surface area contributed by atoms with Crippen LogP contribution >= 0.6 is 11.6 Å². The van der Waals surface area contributed by atoms with E-state index in [0.29, 0.717) is 12.1 Å². The molecule has 3 heteroatoms. The first-order chi connectivity index (χ1) is 9.57. The van der Waals surface area contributed by atoms with Crippen LogP contribution in [-0.2, 0) is 0 Å². The number of aryl methyl sites for hydroxylation is 1. The number of hydrogen-bond acceptors (Lipinski definition) is 2. The van der Waals surface area contributed by atoms with E-state index in [-0.39, 0.29) is 5.41 Å². The molecule has 1 fully saturated rings. The third-order valence-corrected chi connectivity index (χ3v) is 5.19. The van der Waals surface area contributed by atoms with Crippen LogP contribution in [0.4, 0.5) is 0 Å². The zero-order valence-corrected chi connectivity index (χ0v) is 13.8. The zero-order valence-electron chi connectivity index (χ0n) is 13.0. The highest BCUT2D eigenvalue weighted by Gasteiger charge is 2.53. The highest BCUT2D eigenvalue weighted by atomic mass is 35.5. The molecule has 0 spiro atoms. The lowest BCUT2D eigenvalue weighted by atomic mass is 9.58. The maximum absolute atomic E-state index is 6.31. The van der Waals surface area contributed by atoms with E-state index in [4.69, 9.17) is 16.3 Å². The summed E-state index contributed by atoms with van der Waals surface area (Å²) in [5.74, 6) is 0.973. The quantitative estimate of drug-likeness (QED) is 0.829. The minimum atomic E-state index is 0.266. The van der Waals surface area contributed by atoms with Crippen LogP contribution in [0, 0.1) is 12.3 Å². The molecule has 2 atom stereocenters. The van der Waals surface area contributed by atoms with Crippen LogP contribution in [-0.4, -0.2) is 18.7 Å². The molecule has 0 aliphatic heterocycles. The highest BCUT2D eigenvalue weighted by molar-refractivity contribution is 6.30. The van der Waals surface area contributed by atoms with Crippen molar-refractivity contribution >= 4 is 11.6 Å². The first-order valence-corrected chi connectivity index (χ1v) is 8.11. The molecule has 1 aliphatic carbocycles. The SMILES string of the molecule is CCNC1CC(Oc2ccc(Cl)cc2C)C1(CC)CC. The van der Waals surface area contributed by atoms with Crippen molar-refractivity contribution in [2.75, 3.05) is 6.54 Å². The average Bonchev–Trinajstić information content (AvgIpc) is 2.41. The van der Waals surface area contributed by atoms with E-state index in [0.717, 1.165) is 42.1 Å². The summed E-state index contributed by atoms with van der Waals surface area (Å²) >= 11 is 6.01. The van der Waals surface area contributed by atoms with Crippen LogP contribution < -0.4 is 10.1 Å². The van der Waals surface area contributed by atoms with Crippen molar-refractivity contribution in [1.82, 2.24) is 5.32 Å². The van der Waals surface area contributed by atoms with Gasteiger partial charge < -0.3 is 10.1 Å². The van der Waals surface area contributed by atoms with Crippen molar-refractivity contribution < 1.29 is 4.74 Å². The fourth-order valence-electron chi connectivity index (χ4n) is 3.54. The third kappa shape index (κ3) is 2.68. The molecule has 1 N–H and O–H groups in total. The smallest absolute Gasteiger partial charge is 0.122 e. The summed E-state index contributed by atoms with van der Waals surface area (Å²) in [5.41, 5.74) is 1.38. The van der Waals surface area contributed by atoms with E-state index < -0.39 is 0 Å². The van der Waals surface area contributed by atoms with Crippen LogP contribution in [0.5, 0.6) is 5.75 Å². The average molecular weight is 296 g/mol. The molecule has 1 aromatic carbocycles. The fraction of sp³-hybridized carbons (Fsp3) is 0.647. The van der Waals surface area contributed by atoms with Crippen molar-refractivity contribution in [3.63, 3.8) is 0 Å². The normalized spacial score (nSPS) is 24.2. The van der Waals surface area contributed by atoms with E-state index in [9.17, 15) is 0 Å². The Morgan fingerprint density at radius 3 is 2.55 bits per heavy atom. The summed E-state index contributed by atoms with van der Waals surface area (Å²) in [6, 6.07) is 6.45. The molecule has 0 amide bonds. The van der Waals surface area contributed by atoms with E-state index in [2.05, 4.69) is 33.0 Å². The van der Waals surface area contributed by atoms with Gasteiger partial charge in [-0.1, -0.05) is 32.4 Å². The van der Waals surface area contributed by atoms with E-state index >= 15 is 0 Å². The van der Waals surface area contributed by atoms with Crippen LogP contribution in [0.1, 0.15) is 45.6 Å². The Hall–Kier alpha value is -0.730. The molecular formula is C17H26ClNO. The van der Waals surface area contributed by atoms with E-state index in [1.54, 1.807) is 0 Å².